The van der Waals surface area contributed by atoms with Crippen molar-refractivity contribution in [1.29, 1.82) is 0 Å². The lowest BCUT2D eigenvalue weighted by Gasteiger charge is -2.17. The lowest BCUT2D eigenvalue weighted by Crippen LogP contribution is -2.21. The van der Waals surface area contributed by atoms with Gasteiger partial charge in [0.05, 0.1) is 5.56 Å². The summed E-state index contributed by atoms with van der Waals surface area (Å²) in [5.74, 6) is -2.09. The summed E-state index contributed by atoms with van der Waals surface area (Å²) in [4.78, 5) is 22.5. The second-order valence-electron chi connectivity index (χ2n) is 4.18. The van der Waals surface area contributed by atoms with Crippen LogP contribution in [0.3, 0.4) is 0 Å². The number of nitrogens with zero attached hydrogens (tertiary/aromatic N) is 1. The van der Waals surface area contributed by atoms with Crippen LogP contribution in [-0.2, 0) is 4.79 Å². The number of rotatable bonds is 4. The number of carbonyl (C=O) groups is 2. The van der Waals surface area contributed by atoms with E-state index in [-0.39, 0.29) is 5.56 Å². The van der Waals surface area contributed by atoms with E-state index in [1.54, 1.807) is 37.3 Å². The van der Waals surface area contributed by atoms with E-state index in [4.69, 9.17) is 5.11 Å². The van der Waals surface area contributed by atoms with Gasteiger partial charge in [0.2, 0.25) is 0 Å². The highest BCUT2D eigenvalue weighted by Crippen LogP contribution is 2.23. The molecule has 1 unspecified atom stereocenters. The Morgan fingerprint density at radius 1 is 1.11 bits per heavy atom. The Labute approximate surface area is 109 Å². The normalized spacial score (nSPS) is 12.1. The molecule has 98 valence electrons. The van der Waals surface area contributed by atoms with Crippen LogP contribution in [0.5, 0.6) is 0 Å². The Kier molecular flexibility index (Phi) is 3.37. The number of aromatic nitrogens is 1. The molecular weight excluding hydrogens is 246 g/mol. The van der Waals surface area contributed by atoms with Gasteiger partial charge >= 0.3 is 11.9 Å². The average Bonchev–Trinajstić information content (AvgIpc) is 2.73. The fraction of sp³-hybridized carbons (Fsp3) is 0.143. The lowest BCUT2D eigenvalue weighted by molar-refractivity contribution is -0.139. The van der Waals surface area contributed by atoms with Gasteiger partial charge in [-0.1, -0.05) is 30.3 Å². The minimum Gasteiger partial charge on any atom is -0.479 e. The van der Waals surface area contributed by atoms with E-state index in [1.807, 2.05) is 0 Å². The molecule has 0 saturated heterocycles. The minimum absolute atomic E-state index is 0.113. The maximum absolute atomic E-state index is 11.5. The molecule has 0 amide bonds. The van der Waals surface area contributed by atoms with Crippen molar-refractivity contribution in [2.45, 2.75) is 13.0 Å². The highest BCUT2D eigenvalue weighted by Gasteiger charge is 2.24. The van der Waals surface area contributed by atoms with Crippen molar-refractivity contribution in [1.82, 2.24) is 4.57 Å². The fourth-order valence-electron chi connectivity index (χ4n) is 2.09. The van der Waals surface area contributed by atoms with Gasteiger partial charge in [0.15, 0.2) is 6.04 Å². The summed E-state index contributed by atoms with van der Waals surface area (Å²) in [5, 5.41) is 18.4. The van der Waals surface area contributed by atoms with Crippen LogP contribution >= 0.6 is 0 Å². The summed E-state index contributed by atoms with van der Waals surface area (Å²) in [6, 6.07) is 9.21. The van der Waals surface area contributed by atoms with Crippen molar-refractivity contribution in [3.05, 3.63) is 59.4 Å². The van der Waals surface area contributed by atoms with Crippen molar-refractivity contribution < 1.29 is 19.8 Å². The van der Waals surface area contributed by atoms with Crippen LogP contribution in [0.15, 0.2) is 42.6 Å². The molecule has 0 aliphatic carbocycles. The number of carboxylic acid groups (broad SMARTS) is 2. The number of hydrogen-bond acceptors (Lipinski definition) is 2. The zero-order valence-electron chi connectivity index (χ0n) is 10.3. The average molecular weight is 259 g/mol. The van der Waals surface area contributed by atoms with Gasteiger partial charge in [-0.2, -0.15) is 0 Å². The molecule has 5 nitrogen and oxygen atoms in total. The molecule has 0 saturated carbocycles. The van der Waals surface area contributed by atoms with E-state index >= 15 is 0 Å². The first-order valence-electron chi connectivity index (χ1n) is 5.71. The van der Waals surface area contributed by atoms with E-state index in [0.29, 0.717) is 11.3 Å². The third-order valence-electron chi connectivity index (χ3n) is 3.04. The smallest absolute Gasteiger partial charge is 0.337 e. The highest BCUT2D eigenvalue weighted by atomic mass is 16.4. The molecule has 1 aromatic heterocycles. The highest BCUT2D eigenvalue weighted by molar-refractivity contribution is 5.89. The summed E-state index contributed by atoms with van der Waals surface area (Å²) in [5.41, 5.74) is 1.14. The first-order valence-corrected chi connectivity index (χ1v) is 5.71. The molecule has 1 atom stereocenters. The Balaban J connectivity index is 2.53. The molecule has 1 heterocycles. The maximum Gasteiger partial charge on any atom is 0.337 e. The van der Waals surface area contributed by atoms with Crippen molar-refractivity contribution in [3.63, 3.8) is 0 Å². The van der Waals surface area contributed by atoms with Crippen LogP contribution in [0, 0.1) is 6.92 Å². The quantitative estimate of drug-likeness (QED) is 0.881. The molecule has 1 aromatic carbocycles. The molecule has 2 rings (SSSR count). The van der Waals surface area contributed by atoms with Gasteiger partial charge in [-0.3, -0.25) is 0 Å². The molecule has 5 heteroatoms. The summed E-state index contributed by atoms with van der Waals surface area (Å²) >= 11 is 0. The molecule has 0 fully saturated rings. The van der Waals surface area contributed by atoms with Gasteiger partial charge in [-0.05, 0) is 18.6 Å². The Bertz CT molecular complexity index is 616. The second kappa shape index (κ2) is 4.97. The van der Waals surface area contributed by atoms with Crippen LogP contribution in [0.4, 0.5) is 0 Å². The summed E-state index contributed by atoms with van der Waals surface area (Å²) < 4.78 is 1.46. The molecule has 2 aromatic rings. The number of aliphatic carboxylic acids is 1. The summed E-state index contributed by atoms with van der Waals surface area (Å²) in [7, 11) is 0. The minimum atomic E-state index is -1.06. The molecule has 0 spiro atoms. The Hall–Kier alpha value is -2.56. The van der Waals surface area contributed by atoms with E-state index in [2.05, 4.69) is 0 Å². The van der Waals surface area contributed by atoms with Crippen LogP contribution in [0.25, 0.3) is 0 Å². The van der Waals surface area contributed by atoms with Crippen LogP contribution < -0.4 is 0 Å². The number of hydrogen-bond donors (Lipinski definition) is 2. The van der Waals surface area contributed by atoms with Crippen molar-refractivity contribution in [2.24, 2.45) is 0 Å². The van der Waals surface area contributed by atoms with E-state index < -0.39 is 18.0 Å². The van der Waals surface area contributed by atoms with Crippen molar-refractivity contribution in [3.8, 4) is 0 Å². The third-order valence-corrected chi connectivity index (χ3v) is 3.04. The van der Waals surface area contributed by atoms with E-state index in [1.165, 1.54) is 16.8 Å². The van der Waals surface area contributed by atoms with Crippen LogP contribution in [0.2, 0.25) is 0 Å². The van der Waals surface area contributed by atoms with Gasteiger partial charge < -0.3 is 14.8 Å². The van der Waals surface area contributed by atoms with Gasteiger partial charge in [-0.15, -0.1) is 0 Å². The zero-order chi connectivity index (χ0) is 14.0. The summed E-state index contributed by atoms with van der Waals surface area (Å²) in [6.07, 6.45) is 1.49. The molecular formula is C14H13NO4. The van der Waals surface area contributed by atoms with E-state index in [9.17, 15) is 14.7 Å². The first kappa shape index (κ1) is 12.9. The number of aromatic carboxylic acids is 1. The van der Waals surface area contributed by atoms with Gasteiger partial charge in [0.25, 0.3) is 0 Å². The Morgan fingerprint density at radius 2 is 1.74 bits per heavy atom. The third kappa shape index (κ3) is 2.35. The molecule has 0 bridgehead atoms. The zero-order valence-corrected chi connectivity index (χ0v) is 10.3. The predicted octanol–water partition coefficient (Wildman–Crippen LogP) is 2.17. The van der Waals surface area contributed by atoms with Crippen LogP contribution in [0.1, 0.15) is 27.7 Å². The SMILES string of the molecule is Cc1c(C(=O)O)ccn1C(C(=O)O)c1ccccc1. The summed E-state index contributed by atoms with van der Waals surface area (Å²) in [6.45, 7) is 1.60. The van der Waals surface area contributed by atoms with Gasteiger partial charge in [0.1, 0.15) is 0 Å². The monoisotopic (exact) mass is 259 g/mol. The molecule has 0 aliphatic heterocycles. The second-order valence-corrected chi connectivity index (χ2v) is 4.18. The first-order chi connectivity index (χ1) is 9.02. The van der Waals surface area contributed by atoms with Gasteiger partial charge in [0, 0.05) is 11.9 Å². The molecule has 2 N–H and O–H groups in total. The van der Waals surface area contributed by atoms with Crippen molar-refractivity contribution in [2.75, 3.05) is 0 Å². The fourth-order valence-corrected chi connectivity index (χ4v) is 2.09. The Morgan fingerprint density at radius 3 is 2.21 bits per heavy atom. The lowest BCUT2D eigenvalue weighted by atomic mass is 10.1. The largest absolute Gasteiger partial charge is 0.479 e. The maximum atomic E-state index is 11.5. The van der Waals surface area contributed by atoms with Crippen molar-refractivity contribution >= 4 is 11.9 Å². The van der Waals surface area contributed by atoms with Gasteiger partial charge in [-0.25, -0.2) is 9.59 Å². The topological polar surface area (TPSA) is 79.5 Å². The standard InChI is InChI=1S/C14H13NO4/c1-9-11(13(16)17)7-8-15(9)12(14(18)19)10-5-3-2-4-6-10/h2-8,12H,1H3,(H,16,17)(H,18,19). The predicted molar refractivity (Wildman–Crippen MR) is 68.3 cm³/mol. The van der Waals surface area contributed by atoms with E-state index in [0.717, 1.165) is 0 Å². The van der Waals surface area contributed by atoms with Crippen LogP contribution in [-0.4, -0.2) is 26.7 Å². The number of benzene rings is 1. The number of carboxylic acids is 2. The molecule has 0 radical (unpaired) electrons. The molecule has 0 aliphatic rings. The molecule has 19 heavy (non-hydrogen) atoms.